The van der Waals surface area contributed by atoms with Crippen molar-refractivity contribution in [3.63, 3.8) is 0 Å². The van der Waals surface area contributed by atoms with Crippen molar-refractivity contribution in [1.82, 2.24) is 4.98 Å². The molecule has 0 atom stereocenters. The molecular formula is C23H17NS. The fourth-order valence-electron chi connectivity index (χ4n) is 3.51. The van der Waals surface area contributed by atoms with E-state index in [1.54, 1.807) is 11.3 Å². The number of aromatic nitrogens is 1. The zero-order valence-electron chi connectivity index (χ0n) is 14.0. The lowest BCUT2D eigenvalue weighted by atomic mass is 9.99. The van der Waals surface area contributed by atoms with Gasteiger partial charge < -0.3 is 0 Å². The molecule has 5 rings (SSSR count). The van der Waals surface area contributed by atoms with Crippen LogP contribution in [0.4, 0.5) is 0 Å². The average molecular weight is 339 g/mol. The van der Waals surface area contributed by atoms with E-state index in [-0.39, 0.29) is 0 Å². The van der Waals surface area contributed by atoms with Crippen LogP contribution in [-0.4, -0.2) is 4.98 Å². The first-order chi connectivity index (χ1) is 12.3. The van der Waals surface area contributed by atoms with Crippen molar-refractivity contribution >= 4 is 43.1 Å². The average Bonchev–Trinajstić information content (AvgIpc) is 3.12. The van der Waals surface area contributed by atoms with E-state index in [4.69, 9.17) is 4.98 Å². The number of thiazole rings is 1. The van der Waals surface area contributed by atoms with Gasteiger partial charge in [-0.05, 0) is 34.2 Å². The van der Waals surface area contributed by atoms with E-state index in [1.165, 1.54) is 37.4 Å². The number of nitrogens with zero attached hydrogens (tertiary/aromatic N) is 1. The zero-order chi connectivity index (χ0) is 16.8. The highest BCUT2D eigenvalue weighted by molar-refractivity contribution is 7.21. The smallest absolute Gasteiger partial charge is 0.124 e. The molecule has 0 amide bonds. The fourth-order valence-corrected chi connectivity index (χ4v) is 4.49. The predicted molar refractivity (Wildman–Crippen MR) is 109 cm³/mol. The highest BCUT2D eigenvalue weighted by atomic mass is 32.1. The normalized spacial score (nSPS) is 11.6. The largest absolute Gasteiger partial charge is 0.235 e. The SMILES string of the molecule is CCc1ccc2c(ccc3ccc4sc(-c5ccccc5)nc4c32)c1. The van der Waals surface area contributed by atoms with Crippen molar-refractivity contribution < 1.29 is 0 Å². The van der Waals surface area contributed by atoms with Crippen LogP contribution >= 0.6 is 11.3 Å². The Balaban J connectivity index is 1.86. The molecule has 0 radical (unpaired) electrons. The number of aryl methyl sites for hydroxylation is 1. The highest BCUT2D eigenvalue weighted by Gasteiger charge is 2.11. The Bertz CT molecular complexity index is 1220. The zero-order valence-corrected chi connectivity index (χ0v) is 14.8. The van der Waals surface area contributed by atoms with Crippen molar-refractivity contribution in [2.75, 3.05) is 0 Å². The molecule has 0 bridgehead atoms. The molecule has 5 aromatic rings. The second-order valence-corrected chi connectivity index (χ2v) is 7.40. The standard InChI is InChI=1S/C23H17NS/c1-2-15-8-12-19-18(14-15)10-9-16-11-13-20-22(21(16)19)24-23(25-20)17-6-4-3-5-7-17/h3-14H,2H2,1H3. The molecule has 0 spiro atoms. The van der Waals surface area contributed by atoms with Gasteiger partial charge in [0, 0.05) is 10.9 Å². The van der Waals surface area contributed by atoms with Gasteiger partial charge in [-0.1, -0.05) is 73.7 Å². The molecule has 1 heterocycles. The second-order valence-electron chi connectivity index (χ2n) is 6.37. The van der Waals surface area contributed by atoms with Crippen LogP contribution in [0.25, 0.3) is 42.3 Å². The van der Waals surface area contributed by atoms with Gasteiger partial charge in [0.15, 0.2) is 0 Å². The van der Waals surface area contributed by atoms with E-state index in [0.29, 0.717) is 0 Å². The van der Waals surface area contributed by atoms with Crippen LogP contribution in [0.3, 0.4) is 0 Å². The Morgan fingerprint density at radius 3 is 2.48 bits per heavy atom. The van der Waals surface area contributed by atoms with Crippen molar-refractivity contribution in [3.05, 3.63) is 78.4 Å². The molecule has 0 fully saturated rings. The van der Waals surface area contributed by atoms with E-state index in [2.05, 4.69) is 73.7 Å². The quantitative estimate of drug-likeness (QED) is 0.321. The number of hydrogen-bond donors (Lipinski definition) is 0. The summed E-state index contributed by atoms with van der Waals surface area (Å²) in [6.07, 6.45) is 1.06. The molecule has 0 saturated carbocycles. The maximum Gasteiger partial charge on any atom is 0.124 e. The number of hydrogen-bond acceptors (Lipinski definition) is 2. The molecule has 1 aromatic heterocycles. The van der Waals surface area contributed by atoms with Gasteiger partial charge in [0.1, 0.15) is 5.01 Å². The molecule has 0 N–H and O–H groups in total. The second kappa shape index (κ2) is 5.68. The third-order valence-corrected chi connectivity index (χ3v) is 5.92. The lowest BCUT2D eigenvalue weighted by molar-refractivity contribution is 1.15. The Morgan fingerprint density at radius 1 is 0.840 bits per heavy atom. The summed E-state index contributed by atoms with van der Waals surface area (Å²) in [5.74, 6) is 0. The van der Waals surface area contributed by atoms with E-state index in [9.17, 15) is 0 Å². The minimum Gasteiger partial charge on any atom is -0.235 e. The van der Waals surface area contributed by atoms with Gasteiger partial charge in [-0.3, -0.25) is 0 Å². The predicted octanol–water partition coefficient (Wildman–Crippen LogP) is 6.83. The van der Waals surface area contributed by atoms with Gasteiger partial charge in [0.25, 0.3) is 0 Å². The highest BCUT2D eigenvalue weighted by Crippen LogP contribution is 2.37. The maximum atomic E-state index is 5.02. The number of rotatable bonds is 2. The number of benzene rings is 4. The molecule has 25 heavy (non-hydrogen) atoms. The third kappa shape index (κ3) is 2.33. The topological polar surface area (TPSA) is 12.9 Å². The first-order valence-corrected chi connectivity index (χ1v) is 9.45. The summed E-state index contributed by atoms with van der Waals surface area (Å²) < 4.78 is 1.25. The van der Waals surface area contributed by atoms with E-state index < -0.39 is 0 Å². The van der Waals surface area contributed by atoms with Crippen LogP contribution in [-0.2, 0) is 6.42 Å². The van der Waals surface area contributed by atoms with Gasteiger partial charge in [0.2, 0.25) is 0 Å². The van der Waals surface area contributed by atoms with E-state index in [1.807, 2.05) is 6.07 Å². The molecule has 0 saturated heterocycles. The molecule has 120 valence electrons. The Labute approximate surface area is 150 Å². The molecule has 0 aliphatic heterocycles. The summed E-state index contributed by atoms with van der Waals surface area (Å²) in [6, 6.07) is 26.1. The van der Waals surface area contributed by atoms with Gasteiger partial charge in [-0.2, -0.15) is 0 Å². The van der Waals surface area contributed by atoms with Crippen LogP contribution < -0.4 is 0 Å². The Kier molecular flexibility index (Phi) is 3.32. The van der Waals surface area contributed by atoms with Gasteiger partial charge in [0.05, 0.1) is 10.2 Å². The first kappa shape index (κ1) is 14.6. The van der Waals surface area contributed by atoms with Crippen molar-refractivity contribution in [1.29, 1.82) is 0 Å². The summed E-state index contributed by atoms with van der Waals surface area (Å²) in [6.45, 7) is 2.20. The Hall–Kier alpha value is -2.71. The summed E-state index contributed by atoms with van der Waals surface area (Å²) in [4.78, 5) is 5.02. The monoisotopic (exact) mass is 339 g/mol. The third-order valence-electron chi connectivity index (χ3n) is 4.85. The summed E-state index contributed by atoms with van der Waals surface area (Å²) in [7, 11) is 0. The lowest BCUT2D eigenvalue weighted by Crippen LogP contribution is -1.84. The van der Waals surface area contributed by atoms with Crippen LogP contribution in [0.2, 0.25) is 0 Å². The molecule has 0 aliphatic carbocycles. The summed E-state index contributed by atoms with van der Waals surface area (Å²) in [5, 5.41) is 6.22. The first-order valence-electron chi connectivity index (χ1n) is 8.64. The van der Waals surface area contributed by atoms with Crippen LogP contribution in [0.15, 0.2) is 72.8 Å². The van der Waals surface area contributed by atoms with Crippen molar-refractivity contribution in [2.45, 2.75) is 13.3 Å². The number of fused-ring (bicyclic) bond motifs is 5. The van der Waals surface area contributed by atoms with Crippen molar-refractivity contribution in [3.8, 4) is 10.6 Å². The van der Waals surface area contributed by atoms with Gasteiger partial charge in [-0.25, -0.2) is 4.98 Å². The van der Waals surface area contributed by atoms with Gasteiger partial charge >= 0.3 is 0 Å². The maximum absolute atomic E-state index is 5.02. The molecule has 0 unspecified atom stereocenters. The summed E-state index contributed by atoms with van der Waals surface area (Å²) >= 11 is 1.77. The molecule has 0 aliphatic rings. The lowest BCUT2D eigenvalue weighted by Gasteiger charge is -2.06. The Morgan fingerprint density at radius 2 is 1.64 bits per heavy atom. The molecular weight excluding hydrogens is 322 g/mol. The van der Waals surface area contributed by atoms with E-state index >= 15 is 0 Å². The molecule has 2 heteroatoms. The van der Waals surface area contributed by atoms with Crippen LogP contribution in [0.5, 0.6) is 0 Å². The van der Waals surface area contributed by atoms with Gasteiger partial charge in [-0.15, -0.1) is 11.3 Å². The van der Waals surface area contributed by atoms with Crippen LogP contribution in [0, 0.1) is 0 Å². The molecule has 4 aromatic carbocycles. The van der Waals surface area contributed by atoms with Crippen molar-refractivity contribution in [2.24, 2.45) is 0 Å². The molecule has 1 nitrogen and oxygen atoms in total. The fraction of sp³-hybridized carbons (Fsp3) is 0.0870. The minimum atomic E-state index is 1.06. The minimum absolute atomic E-state index is 1.06. The van der Waals surface area contributed by atoms with Crippen LogP contribution in [0.1, 0.15) is 12.5 Å². The summed E-state index contributed by atoms with van der Waals surface area (Å²) in [5.41, 5.74) is 3.68. The van der Waals surface area contributed by atoms with E-state index in [0.717, 1.165) is 16.9 Å².